The zero-order chi connectivity index (χ0) is 23.8. The van der Waals surface area contributed by atoms with E-state index in [1.165, 1.54) is 0 Å². The molecule has 7 heteroatoms. The fourth-order valence-corrected chi connectivity index (χ4v) is 3.58. The third-order valence-corrected chi connectivity index (χ3v) is 5.52. The van der Waals surface area contributed by atoms with Crippen molar-refractivity contribution in [2.24, 2.45) is 0 Å². The molecule has 33 heavy (non-hydrogen) atoms. The molecule has 0 aliphatic heterocycles. The van der Waals surface area contributed by atoms with Crippen LogP contribution in [-0.2, 0) is 6.54 Å². The van der Waals surface area contributed by atoms with Crippen LogP contribution in [0.4, 0.5) is 0 Å². The van der Waals surface area contributed by atoms with Gasteiger partial charge in [-0.1, -0.05) is 42.5 Å². The Morgan fingerprint density at radius 1 is 1.00 bits per heavy atom. The van der Waals surface area contributed by atoms with Crippen LogP contribution in [0.15, 0.2) is 54.9 Å². The molecular weight excluding hydrogens is 420 g/mol. The number of ether oxygens (including phenoxy) is 2. The second-order valence-electron chi connectivity index (χ2n) is 7.59. The summed E-state index contributed by atoms with van der Waals surface area (Å²) in [7, 11) is 3.13. The van der Waals surface area contributed by atoms with Gasteiger partial charge in [0.25, 0.3) is 0 Å². The Bertz CT molecular complexity index is 1060. The second kappa shape index (κ2) is 11.6. The Morgan fingerprint density at radius 3 is 2.24 bits per heavy atom. The van der Waals surface area contributed by atoms with Crippen molar-refractivity contribution in [1.29, 1.82) is 0 Å². The minimum atomic E-state index is -1.68. The average Bonchev–Trinajstić information content (AvgIpc) is 2.84. The Morgan fingerprint density at radius 2 is 1.67 bits per heavy atom. The van der Waals surface area contributed by atoms with E-state index in [2.05, 4.69) is 29.4 Å². The van der Waals surface area contributed by atoms with Gasteiger partial charge in [0.15, 0.2) is 6.29 Å². The number of nitrogens with zero attached hydrogens (tertiary/aromatic N) is 1. The van der Waals surface area contributed by atoms with Crippen LogP contribution in [-0.4, -0.2) is 53.5 Å². The number of hydrogen-bond acceptors (Lipinski definition) is 7. The van der Waals surface area contributed by atoms with Crippen molar-refractivity contribution in [3.8, 4) is 22.6 Å². The van der Waals surface area contributed by atoms with Crippen molar-refractivity contribution in [3.05, 3.63) is 77.1 Å². The molecule has 0 spiro atoms. The predicted molar refractivity (Wildman–Crippen MR) is 129 cm³/mol. The quantitative estimate of drug-likeness (QED) is 0.352. The minimum Gasteiger partial charge on any atom is -0.496 e. The lowest BCUT2D eigenvalue weighted by Crippen LogP contribution is -2.42. The molecule has 1 atom stereocenters. The Balaban J connectivity index is 1.89. The highest BCUT2D eigenvalue weighted by molar-refractivity contribution is 5.77. The molecule has 4 N–H and O–H groups in total. The van der Waals surface area contributed by atoms with Crippen LogP contribution >= 0.6 is 0 Å². The summed E-state index contributed by atoms with van der Waals surface area (Å²) in [4.78, 5) is 4.41. The van der Waals surface area contributed by atoms with E-state index < -0.39 is 18.9 Å². The standard InChI is InChI=1S/C26H30N2O5/c1-17-20(13-27-14-21(17)19-7-5-4-6-8-19)10-9-18-11-24(32-2)22(25(12-18)33-3)15-28-23(16-29)26(30)31/h4-14,23,26,28-31H,15-16H2,1-3H3/b10-9+/t23-/m0/s1. The van der Waals surface area contributed by atoms with Gasteiger partial charge in [-0.25, -0.2) is 0 Å². The molecule has 0 amide bonds. The first-order valence-corrected chi connectivity index (χ1v) is 10.6. The fraction of sp³-hybridized carbons (Fsp3) is 0.269. The summed E-state index contributed by atoms with van der Waals surface area (Å²) >= 11 is 0. The van der Waals surface area contributed by atoms with Crippen LogP contribution in [0, 0.1) is 6.92 Å². The summed E-state index contributed by atoms with van der Waals surface area (Å²) in [6.07, 6.45) is 6.00. The summed E-state index contributed by atoms with van der Waals surface area (Å²) in [5.41, 5.74) is 5.91. The van der Waals surface area contributed by atoms with E-state index in [9.17, 15) is 15.3 Å². The summed E-state index contributed by atoms with van der Waals surface area (Å²) in [5, 5.41) is 30.9. The summed E-state index contributed by atoms with van der Waals surface area (Å²) in [6.45, 7) is 1.88. The molecule has 0 saturated carbocycles. The molecule has 2 aromatic carbocycles. The van der Waals surface area contributed by atoms with Crippen LogP contribution < -0.4 is 14.8 Å². The van der Waals surface area contributed by atoms with Gasteiger partial charge in [-0.15, -0.1) is 0 Å². The minimum absolute atomic E-state index is 0.224. The highest BCUT2D eigenvalue weighted by atomic mass is 16.5. The smallest absolute Gasteiger partial charge is 0.169 e. The number of aliphatic hydroxyl groups is 3. The first-order valence-electron chi connectivity index (χ1n) is 10.6. The van der Waals surface area contributed by atoms with Gasteiger partial charge in [-0.05, 0) is 41.3 Å². The Hall–Kier alpha value is -3.23. The van der Waals surface area contributed by atoms with E-state index in [1.807, 2.05) is 54.9 Å². The first-order chi connectivity index (χ1) is 16.0. The molecule has 7 nitrogen and oxygen atoms in total. The molecule has 1 heterocycles. The van der Waals surface area contributed by atoms with Crippen molar-refractivity contribution in [2.45, 2.75) is 25.8 Å². The van der Waals surface area contributed by atoms with E-state index >= 15 is 0 Å². The molecule has 0 fully saturated rings. The van der Waals surface area contributed by atoms with Crippen molar-refractivity contribution < 1.29 is 24.8 Å². The number of benzene rings is 2. The van der Waals surface area contributed by atoms with E-state index in [0.717, 1.165) is 27.8 Å². The number of aromatic nitrogens is 1. The number of rotatable bonds is 10. The van der Waals surface area contributed by atoms with Crippen molar-refractivity contribution >= 4 is 12.2 Å². The van der Waals surface area contributed by atoms with E-state index in [1.54, 1.807) is 14.2 Å². The lowest BCUT2D eigenvalue weighted by molar-refractivity contribution is -0.0782. The maximum absolute atomic E-state index is 9.34. The molecule has 3 rings (SSSR count). The normalized spacial score (nSPS) is 12.3. The lowest BCUT2D eigenvalue weighted by atomic mass is 9.98. The monoisotopic (exact) mass is 450 g/mol. The molecule has 0 radical (unpaired) electrons. The van der Waals surface area contributed by atoms with Gasteiger partial charge in [0.05, 0.1) is 26.9 Å². The third-order valence-electron chi connectivity index (χ3n) is 5.52. The zero-order valence-electron chi connectivity index (χ0n) is 19.0. The molecule has 1 aromatic heterocycles. The highest BCUT2D eigenvalue weighted by Gasteiger charge is 2.18. The average molecular weight is 451 g/mol. The molecule has 0 bridgehead atoms. The summed E-state index contributed by atoms with van der Waals surface area (Å²) in [6, 6.07) is 13.0. The van der Waals surface area contributed by atoms with Gasteiger partial charge in [0.1, 0.15) is 11.5 Å². The lowest BCUT2D eigenvalue weighted by Gasteiger charge is -2.20. The molecular formula is C26H30N2O5. The van der Waals surface area contributed by atoms with E-state index in [0.29, 0.717) is 17.1 Å². The number of nitrogens with one attached hydrogen (secondary N) is 1. The van der Waals surface area contributed by atoms with Gasteiger partial charge in [-0.2, -0.15) is 0 Å². The van der Waals surface area contributed by atoms with Gasteiger partial charge < -0.3 is 30.1 Å². The van der Waals surface area contributed by atoms with Crippen molar-refractivity contribution in [1.82, 2.24) is 10.3 Å². The maximum atomic E-state index is 9.34. The van der Waals surface area contributed by atoms with Crippen LogP contribution in [0.1, 0.15) is 22.3 Å². The van der Waals surface area contributed by atoms with Gasteiger partial charge in [0, 0.05) is 30.1 Å². The number of aliphatic hydroxyl groups excluding tert-OH is 2. The Labute approximate surface area is 194 Å². The predicted octanol–water partition coefficient (Wildman–Crippen LogP) is 3.01. The second-order valence-corrected chi connectivity index (χ2v) is 7.59. The van der Waals surface area contributed by atoms with Gasteiger partial charge in [0.2, 0.25) is 0 Å². The summed E-state index contributed by atoms with van der Waals surface area (Å²) < 4.78 is 11.1. The number of methoxy groups -OCH3 is 2. The fourth-order valence-electron chi connectivity index (χ4n) is 3.58. The van der Waals surface area contributed by atoms with Crippen LogP contribution in [0.5, 0.6) is 11.5 Å². The largest absolute Gasteiger partial charge is 0.496 e. The maximum Gasteiger partial charge on any atom is 0.169 e. The van der Waals surface area contributed by atoms with E-state index in [-0.39, 0.29) is 6.54 Å². The third kappa shape index (κ3) is 5.97. The first kappa shape index (κ1) is 24.4. The molecule has 0 aliphatic rings. The van der Waals surface area contributed by atoms with Crippen LogP contribution in [0.2, 0.25) is 0 Å². The van der Waals surface area contributed by atoms with Gasteiger partial charge in [-0.3, -0.25) is 4.98 Å². The van der Waals surface area contributed by atoms with Crippen LogP contribution in [0.25, 0.3) is 23.3 Å². The van der Waals surface area contributed by atoms with E-state index in [4.69, 9.17) is 9.47 Å². The highest BCUT2D eigenvalue weighted by Crippen LogP contribution is 2.32. The Kier molecular flexibility index (Phi) is 8.57. The van der Waals surface area contributed by atoms with Gasteiger partial charge >= 0.3 is 0 Å². The number of pyridine rings is 1. The summed E-state index contributed by atoms with van der Waals surface area (Å²) in [5.74, 6) is 1.16. The van der Waals surface area contributed by atoms with Crippen molar-refractivity contribution in [2.75, 3.05) is 20.8 Å². The SMILES string of the molecule is COc1cc(/C=C/c2cncc(-c3ccccc3)c2C)cc(OC)c1CN[C@@H](CO)C(O)O. The zero-order valence-corrected chi connectivity index (χ0v) is 19.0. The van der Waals surface area contributed by atoms with Crippen LogP contribution in [0.3, 0.4) is 0 Å². The molecule has 174 valence electrons. The molecule has 0 aliphatic carbocycles. The van der Waals surface area contributed by atoms with Crippen molar-refractivity contribution in [3.63, 3.8) is 0 Å². The topological polar surface area (TPSA) is 104 Å². The molecule has 0 saturated heterocycles. The molecule has 0 unspecified atom stereocenters. The number of hydrogen-bond donors (Lipinski definition) is 4. The molecule has 3 aromatic rings.